The minimum absolute atomic E-state index is 0.246. The second-order valence-electron chi connectivity index (χ2n) is 6.96. The molecule has 0 spiro atoms. The number of benzene rings is 3. The largest absolute Gasteiger partial charge is 0.402 e. The van der Waals surface area contributed by atoms with Crippen molar-refractivity contribution in [2.75, 3.05) is 0 Å². The Hall–Kier alpha value is -3.70. The molecule has 5 rings (SSSR count). The molecule has 3 aromatic carbocycles. The number of fused-ring (bicyclic) bond motifs is 1. The van der Waals surface area contributed by atoms with E-state index < -0.39 is 5.97 Å². The number of nitrogens with zero attached hydrogens (tertiary/aromatic N) is 3. The summed E-state index contributed by atoms with van der Waals surface area (Å²) in [6.45, 7) is 0.541. The Balaban J connectivity index is 1.40. The van der Waals surface area contributed by atoms with Crippen LogP contribution in [-0.4, -0.2) is 21.6 Å². The molecule has 2 heterocycles. The highest BCUT2D eigenvalue weighted by atomic mass is 35.5. The number of aromatic nitrogens is 2. The Morgan fingerprint density at radius 1 is 1.00 bits per heavy atom. The van der Waals surface area contributed by atoms with E-state index in [0.29, 0.717) is 17.5 Å². The summed E-state index contributed by atoms with van der Waals surface area (Å²) in [6.07, 6.45) is 5.19. The molecule has 0 atom stereocenters. The number of cyclic esters (lactones) is 1. The van der Waals surface area contributed by atoms with Gasteiger partial charge >= 0.3 is 5.97 Å². The molecule has 146 valence electrons. The molecule has 0 saturated heterocycles. The van der Waals surface area contributed by atoms with E-state index >= 15 is 0 Å². The molecule has 6 heteroatoms. The Labute approximate surface area is 177 Å². The predicted molar refractivity (Wildman–Crippen MR) is 117 cm³/mol. The zero-order chi connectivity index (χ0) is 20.5. The molecule has 5 nitrogen and oxygen atoms in total. The van der Waals surface area contributed by atoms with Gasteiger partial charge in [0.1, 0.15) is 0 Å². The summed E-state index contributed by atoms with van der Waals surface area (Å²) in [5, 5.41) is 7.22. The number of carbonyl (C=O) groups excluding carboxylic acids is 1. The minimum atomic E-state index is -0.475. The van der Waals surface area contributed by atoms with Crippen LogP contribution in [0.3, 0.4) is 0 Å². The van der Waals surface area contributed by atoms with Gasteiger partial charge in [0.05, 0.1) is 12.7 Å². The third-order valence-corrected chi connectivity index (χ3v) is 5.23. The lowest BCUT2D eigenvalue weighted by molar-refractivity contribution is -0.129. The summed E-state index contributed by atoms with van der Waals surface area (Å²) >= 11 is 6.22. The van der Waals surface area contributed by atoms with Gasteiger partial charge in [-0.05, 0) is 40.6 Å². The van der Waals surface area contributed by atoms with Crippen LogP contribution in [0.25, 0.3) is 16.8 Å². The van der Waals surface area contributed by atoms with Crippen molar-refractivity contribution < 1.29 is 9.53 Å². The third-order valence-electron chi connectivity index (χ3n) is 4.86. The van der Waals surface area contributed by atoms with E-state index in [-0.39, 0.29) is 5.70 Å². The Morgan fingerprint density at radius 2 is 1.80 bits per heavy atom. The summed E-state index contributed by atoms with van der Waals surface area (Å²) in [4.78, 5) is 16.7. The molecule has 1 aliphatic heterocycles. The highest BCUT2D eigenvalue weighted by Gasteiger charge is 2.24. The fourth-order valence-electron chi connectivity index (χ4n) is 3.35. The van der Waals surface area contributed by atoms with E-state index in [1.165, 1.54) is 0 Å². The molecular weight excluding hydrogens is 398 g/mol. The second-order valence-corrected chi connectivity index (χ2v) is 7.37. The standard InChI is InChI=1S/C24H16ClN3O2/c25-21-8-4-3-7-20(21)15-28-14-16(13-26-28)11-22-24(29)30-23(27-22)19-10-9-17-5-1-2-6-18(17)12-19/h1-14H,15H2/b22-11+. The molecule has 0 saturated carbocycles. The van der Waals surface area contributed by atoms with Gasteiger partial charge in [-0.25, -0.2) is 9.79 Å². The van der Waals surface area contributed by atoms with E-state index in [0.717, 1.165) is 27.5 Å². The average molecular weight is 414 g/mol. The van der Waals surface area contributed by atoms with Crippen LogP contribution in [0.1, 0.15) is 16.7 Å². The molecule has 0 fully saturated rings. The Morgan fingerprint density at radius 3 is 2.67 bits per heavy atom. The lowest BCUT2D eigenvalue weighted by atomic mass is 10.1. The topological polar surface area (TPSA) is 56.5 Å². The molecule has 0 bridgehead atoms. The molecule has 0 radical (unpaired) electrons. The van der Waals surface area contributed by atoms with Crippen molar-refractivity contribution >= 4 is 40.3 Å². The minimum Gasteiger partial charge on any atom is -0.402 e. The van der Waals surface area contributed by atoms with Crippen LogP contribution < -0.4 is 0 Å². The fraction of sp³-hybridized carbons (Fsp3) is 0.0417. The summed E-state index contributed by atoms with van der Waals surface area (Å²) in [7, 11) is 0. The second kappa shape index (κ2) is 7.61. The van der Waals surface area contributed by atoms with Gasteiger partial charge in [0, 0.05) is 22.3 Å². The van der Waals surface area contributed by atoms with Crippen molar-refractivity contribution in [3.8, 4) is 0 Å². The normalized spacial score (nSPS) is 14.9. The summed E-state index contributed by atoms with van der Waals surface area (Å²) in [6, 6.07) is 21.5. The van der Waals surface area contributed by atoms with Crippen molar-refractivity contribution in [1.29, 1.82) is 0 Å². The van der Waals surface area contributed by atoms with Crippen LogP contribution in [0.5, 0.6) is 0 Å². The molecular formula is C24H16ClN3O2. The third kappa shape index (κ3) is 3.63. The summed E-state index contributed by atoms with van der Waals surface area (Å²) in [5.74, 6) is -0.169. The maximum Gasteiger partial charge on any atom is 0.363 e. The zero-order valence-corrected chi connectivity index (χ0v) is 16.6. The smallest absolute Gasteiger partial charge is 0.363 e. The first-order valence-electron chi connectivity index (χ1n) is 9.43. The lowest BCUT2D eigenvalue weighted by Crippen LogP contribution is -2.05. The number of carbonyl (C=O) groups is 1. The van der Waals surface area contributed by atoms with Gasteiger partial charge in [-0.1, -0.05) is 60.1 Å². The highest BCUT2D eigenvalue weighted by Crippen LogP contribution is 2.22. The molecule has 30 heavy (non-hydrogen) atoms. The monoisotopic (exact) mass is 413 g/mol. The summed E-state index contributed by atoms with van der Waals surface area (Å²) in [5.41, 5.74) is 2.74. The first-order chi connectivity index (χ1) is 14.7. The number of hydrogen-bond donors (Lipinski definition) is 0. The van der Waals surface area contributed by atoms with Gasteiger partial charge in [-0.15, -0.1) is 0 Å². The number of ether oxygens (including phenoxy) is 1. The van der Waals surface area contributed by atoms with Gasteiger partial charge in [0.15, 0.2) is 5.70 Å². The Kier molecular flexibility index (Phi) is 4.65. The molecule has 0 aliphatic carbocycles. The van der Waals surface area contributed by atoms with Gasteiger partial charge in [-0.3, -0.25) is 4.68 Å². The number of rotatable bonds is 4. The van der Waals surface area contributed by atoms with Crippen LogP contribution in [0.4, 0.5) is 0 Å². The molecule has 0 amide bonds. The van der Waals surface area contributed by atoms with E-state index in [2.05, 4.69) is 10.1 Å². The predicted octanol–water partition coefficient (Wildman–Crippen LogP) is 5.08. The highest BCUT2D eigenvalue weighted by molar-refractivity contribution is 6.31. The molecule has 0 unspecified atom stereocenters. The summed E-state index contributed by atoms with van der Waals surface area (Å²) < 4.78 is 7.16. The first kappa shape index (κ1) is 18.3. The fourth-order valence-corrected chi connectivity index (χ4v) is 3.55. The van der Waals surface area contributed by atoms with Gasteiger partial charge in [0.2, 0.25) is 5.90 Å². The van der Waals surface area contributed by atoms with Crippen molar-refractivity contribution in [3.05, 3.63) is 107 Å². The maximum atomic E-state index is 12.3. The van der Waals surface area contributed by atoms with E-state index in [9.17, 15) is 4.79 Å². The van der Waals surface area contributed by atoms with E-state index in [1.807, 2.05) is 72.9 Å². The SMILES string of the molecule is O=C1OC(c2ccc3ccccc3c2)=N/C1=C/c1cnn(Cc2ccccc2Cl)c1. The molecule has 1 aromatic heterocycles. The quantitative estimate of drug-likeness (QED) is 0.346. The average Bonchev–Trinajstić information content (AvgIpc) is 3.36. The van der Waals surface area contributed by atoms with Gasteiger partial charge in [-0.2, -0.15) is 5.10 Å². The number of aliphatic imine (C=N–C) groups is 1. The van der Waals surface area contributed by atoms with E-state index in [4.69, 9.17) is 16.3 Å². The van der Waals surface area contributed by atoms with Gasteiger partial charge < -0.3 is 4.74 Å². The van der Waals surface area contributed by atoms with Crippen molar-refractivity contribution in [2.24, 2.45) is 4.99 Å². The van der Waals surface area contributed by atoms with Crippen LogP contribution in [-0.2, 0) is 16.1 Å². The van der Waals surface area contributed by atoms with Gasteiger partial charge in [0.25, 0.3) is 0 Å². The number of esters is 1. The van der Waals surface area contributed by atoms with Crippen LogP contribution in [0.2, 0.25) is 5.02 Å². The molecule has 0 N–H and O–H groups in total. The van der Waals surface area contributed by atoms with Crippen molar-refractivity contribution in [1.82, 2.24) is 9.78 Å². The van der Waals surface area contributed by atoms with Crippen molar-refractivity contribution in [3.63, 3.8) is 0 Å². The Bertz CT molecular complexity index is 1340. The molecule has 4 aromatic rings. The van der Waals surface area contributed by atoms with Crippen LogP contribution >= 0.6 is 11.6 Å². The number of halogens is 1. The van der Waals surface area contributed by atoms with E-state index in [1.54, 1.807) is 17.0 Å². The maximum absolute atomic E-state index is 12.3. The molecule has 1 aliphatic rings. The first-order valence-corrected chi connectivity index (χ1v) is 9.81. The lowest BCUT2D eigenvalue weighted by Gasteiger charge is -2.03. The number of hydrogen-bond acceptors (Lipinski definition) is 4. The van der Waals surface area contributed by atoms with Crippen LogP contribution in [0, 0.1) is 0 Å². The van der Waals surface area contributed by atoms with Crippen molar-refractivity contribution in [2.45, 2.75) is 6.54 Å². The zero-order valence-electron chi connectivity index (χ0n) is 15.8. The van der Waals surface area contributed by atoms with Crippen LogP contribution in [0.15, 0.2) is 89.8 Å².